The minimum Gasteiger partial charge on any atom is -0.465 e. The maximum Gasteiger partial charge on any atom is 0.416 e. The minimum absolute atomic E-state index is 0.0870. The van der Waals surface area contributed by atoms with Crippen LogP contribution in [0.25, 0.3) is 0 Å². The summed E-state index contributed by atoms with van der Waals surface area (Å²) >= 11 is 3.12. The van der Waals surface area contributed by atoms with Crippen molar-refractivity contribution in [1.29, 1.82) is 0 Å². The van der Waals surface area contributed by atoms with Gasteiger partial charge in [0.15, 0.2) is 0 Å². The van der Waals surface area contributed by atoms with Gasteiger partial charge in [-0.1, -0.05) is 15.9 Å². The van der Waals surface area contributed by atoms with Crippen LogP contribution in [0.1, 0.15) is 18.1 Å². The molecule has 0 spiro atoms. The lowest BCUT2D eigenvalue weighted by Crippen LogP contribution is -2.28. The highest BCUT2D eigenvalue weighted by Gasteiger charge is 2.31. The van der Waals surface area contributed by atoms with E-state index in [0.29, 0.717) is 4.47 Å². The molecule has 100 valence electrons. The molecule has 0 aliphatic carbocycles. The third kappa shape index (κ3) is 3.63. The lowest BCUT2D eigenvalue weighted by Gasteiger charge is -2.18. The number of carbonyl (C=O) groups is 1. The smallest absolute Gasteiger partial charge is 0.416 e. The van der Waals surface area contributed by atoms with Gasteiger partial charge in [0.25, 0.3) is 0 Å². The van der Waals surface area contributed by atoms with Gasteiger partial charge in [-0.25, -0.2) is 4.79 Å². The monoisotopic (exact) mass is 325 g/mol. The first-order valence-corrected chi connectivity index (χ1v) is 5.88. The lowest BCUT2D eigenvalue weighted by molar-refractivity contribution is -0.137. The van der Waals surface area contributed by atoms with Gasteiger partial charge in [-0.05, 0) is 30.7 Å². The second kappa shape index (κ2) is 5.60. The van der Waals surface area contributed by atoms with Crippen molar-refractivity contribution in [3.63, 3.8) is 0 Å². The number of nitrogens with zero attached hydrogens (tertiary/aromatic N) is 1. The Morgan fingerprint density at radius 1 is 1.44 bits per heavy atom. The van der Waals surface area contributed by atoms with E-state index < -0.39 is 17.8 Å². The van der Waals surface area contributed by atoms with E-state index in [2.05, 4.69) is 15.9 Å². The first-order chi connectivity index (χ1) is 8.25. The van der Waals surface area contributed by atoms with Crippen LogP contribution in [-0.2, 0) is 12.7 Å². The van der Waals surface area contributed by atoms with Crippen molar-refractivity contribution in [3.05, 3.63) is 33.8 Å². The Morgan fingerprint density at radius 2 is 2.06 bits per heavy atom. The first-order valence-electron chi connectivity index (χ1n) is 5.09. The molecule has 0 saturated carbocycles. The number of benzene rings is 1. The maximum atomic E-state index is 12.5. The predicted molar refractivity (Wildman–Crippen MR) is 63.3 cm³/mol. The molecule has 0 fully saturated rings. The molecule has 3 nitrogen and oxygen atoms in total. The quantitative estimate of drug-likeness (QED) is 0.913. The average Bonchev–Trinajstić information content (AvgIpc) is 2.25. The SMILES string of the molecule is CCN(Cc1cc(C(F)(F)F)ccc1Br)C(=O)O. The summed E-state index contributed by atoms with van der Waals surface area (Å²) in [6, 6.07) is 3.17. The summed E-state index contributed by atoms with van der Waals surface area (Å²) in [5.41, 5.74) is -0.504. The Morgan fingerprint density at radius 3 is 2.50 bits per heavy atom. The highest BCUT2D eigenvalue weighted by Crippen LogP contribution is 2.32. The van der Waals surface area contributed by atoms with Crippen LogP contribution < -0.4 is 0 Å². The molecule has 0 saturated heterocycles. The van der Waals surface area contributed by atoms with Crippen LogP contribution in [0.5, 0.6) is 0 Å². The molecule has 1 amide bonds. The van der Waals surface area contributed by atoms with Crippen LogP contribution in [0.15, 0.2) is 22.7 Å². The van der Waals surface area contributed by atoms with Gasteiger partial charge in [0.05, 0.1) is 12.1 Å². The molecule has 1 aromatic carbocycles. The summed E-state index contributed by atoms with van der Waals surface area (Å²) in [4.78, 5) is 11.8. The minimum atomic E-state index is -4.43. The van der Waals surface area contributed by atoms with Crippen molar-refractivity contribution >= 4 is 22.0 Å². The molecule has 0 atom stereocenters. The van der Waals surface area contributed by atoms with E-state index in [1.807, 2.05) is 0 Å². The molecular weight excluding hydrogens is 315 g/mol. The van der Waals surface area contributed by atoms with Crippen molar-refractivity contribution in [2.75, 3.05) is 6.54 Å². The van der Waals surface area contributed by atoms with Crippen LogP contribution in [0, 0.1) is 0 Å². The summed E-state index contributed by atoms with van der Waals surface area (Å²) < 4.78 is 38.1. The van der Waals surface area contributed by atoms with Crippen molar-refractivity contribution in [3.8, 4) is 0 Å². The van der Waals surface area contributed by atoms with Gasteiger partial charge in [-0.15, -0.1) is 0 Å². The summed E-state index contributed by atoms with van der Waals surface area (Å²) in [6.45, 7) is 1.74. The molecule has 0 bridgehead atoms. The van der Waals surface area contributed by atoms with Crippen molar-refractivity contribution < 1.29 is 23.1 Å². The van der Waals surface area contributed by atoms with Crippen LogP contribution in [0.2, 0.25) is 0 Å². The third-order valence-corrected chi connectivity index (χ3v) is 3.16. The first kappa shape index (κ1) is 14.8. The van der Waals surface area contributed by atoms with E-state index in [-0.39, 0.29) is 18.7 Å². The standard InChI is InChI=1S/C11H11BrF3NO2/c1-2-16(10(17)18)6-7-5-8(11(13,14)15)3-4-9(7)12/h3-5H,2,6H2,1H3,(H,17,18). The normalized spacial score (nSPS) is 11.4. The Kier molecular flexibility index (Phi) is 4.61. The lowest BCUT2D eigenvalue weighted by atomic mass is 10.1. The van der Waals surface area contributed by atoms with Gasteiger partial charge in [0.2, 0.25) is 0 Å². The van der Waals surface area contributed by atoms with Crippen LogP contribution in [0.3, 0.4) is 0 Å². The zero-order valence-corrected chi connectivity index (χ0v) is 11.0. The average molecular weight is 326 g/mol. The number of rotatable bonds is 3. The molecule has 7 heteroatoms. The van der Waals surface area contributed by atoms with Crippen molar-refractivity contribution in [2.24, 2.45) is 0 Å². The molecule has 0 aliphatic rings. The van der Waals surface area contributed by atoms with E-state index in [1.165, 1.54) is 6.07 Å². The molecule has 0 aliphatic heterocycles. The molecule has 0 radical (unpaired) electrons. The van der Waals surface area contributed by atoms with E-state index >= 15 is 0 Å². The molecule has 1 N–H and O–H groups in total. The van der Waals surface area contributed by atoms with E-state index in [9.17, 15) is 18.0 Å². The number of alkyl halides is 3. The fraction of sp³-hybridized carbons (Fsp3) is 0.364. The highest BCUT2D eigenvalue weighted by atomic mass is 79.9. The Hall–Kier alpha value is -1.24. The number of hydrogen-bond acceptors (Lipinski definition) is 1. The van der Waals surface area contributed by atoms with Gasteiger partial charge in [-0.2, -0.15) is 13.2 Å². The topological polar surface area (TPSA) is 40.5 Å². The fourth-order valence-electron chi connectivity index (χ4n) is 1.39. The predicted octanol–water partition coefficient (Wildman–Crippen LogP) is 3.97. The fourth-order valence-corrected chi connectivity index (χ4v) is 1.76. The Bertz CT molecular complexity index is 448. The maximum absolute atomic E-state index is 12.5. The third-order valence-electron chi connectivity index (χ3n) is 2.39. The summed E-state index contributed by atoms with van der Waals surface area (Å²) in [5.74, 6) is 0. The van der Waals surface area contributed by atoms with Crippen molar-refractivity contribution in [2.45, 2.75) is 19.6 Å². The van der Waals surface area contributed by atoms with Gasteiger partial charge in [-0.3, -0.25) is 0 Å². The number of hydrogen-bond donors (Lipinski definition) is 1. The number of amides is 1. The van der Waals surface area contributed by atoms with Gasteiger partial charge >= 0.3 is 12.3 Å². The number of halogens is 4. The van der Waals surface area contributed by atoms with Crippen LogP contribution in [0.4, 0.5) is 18.0 Å². The zero-order chi connectivity index (χ0) is 13.9. The Balaban J connectivity index is 3.05. The van der Waals surface area contributed by atoms with Crippen LogP contribution >= 0.6 is 15.9 Å². The molecule has 0 aromatic heterocycles. The molecule has 1 aromatic rings. The number of carboxylic acid groups (broad SMARTS) is 1. The van der Waals surface area contributed by atoms with Gasteiger partial charge < -0.3 is 10.0 Å². The second-order valence-electron chi connectivity index (χ2n) is 3.60. The van der Waals surface area contributed by atoms with Gasteiger partial charge in [0.1, 0.15) is 0 Å². The highest BCUT2D eigenvalue weighted by molar-refractivity contribution is 9.10. The molecule has 1 rings (SSSR count). The Labute approximate surface area is 110 Å². The largest absolute Gasteiger partial charge is 0.465 e. The van der Waals surface area contributed by atoms with Crippen molar-refractivity contribution in [1.82, 2.24) is 4.90 Å². The molecule has 0 heterocycles. The van der Waals surface area contributed by atoms with E-state index in [1.54, 1.807) is 6.92 Å². The van der Waals surface area contributed by atoms with Gasteiger partial charge in [0, 0.05) is 11.0 Å². The van der Waals surface area contributed by atoms with E-state index in [4.69, 9.17) is 5.11 Å². The zero-order valence-electron chi connectivity index (χ0n) is 9.46. The van der Waals surface area contributed by atoms with E-state index in [0.717, 1.165) is 17.0 Å². The molecule has 0 unspecified atom stereocenters. The summed E-state index contributed by atoms with van der Waals surface area (Å²) in [6.07, 6.45) is -5.60. The second-order valence-corrected chi connectivity index (χ2v) is 4.46. The van der Waals surface area contributed by atoms with Crippen LogP contribution in [-0.4, -0.2) is 22.6 Å². The summed E-state index contributed by atoms with van der Waals surface area (Å²) in [5, 5.41) is 8.84. The molecular formula is C11H11BrF3NO2. The summed E-state index contributed by atoms with van der Waals surface area (Å²) in [7, 11) is 0. The molecule has 18 heavy (non-hydrogen) atoms.